The van der Waals surface area contributed by atoms with Gasteiger partial charge in [-0.2, -0.15) is 0 Å². The monoisotopic (exact) mass is 201 g/mol. The lowest BCUT2D eigenvalue weighted by molar-refractivity contribution is -0.138. The molecule has 1 atom stereocenters. The van der Waals surface area contributed by atoms with Crippen LogP contribution in [-0.4, -0.2) is 46.9 Å². The van der Waals surface area contributed by atoms with Gasteiger partial charge in [-0.05, 0) is 6.92 Å². The van der Waals surface area contributed by atoms with Gasteiger partial charge >= 0.3 is 5.97 Å². The van der Waals surface area contributed by atoms with Gasteiger partial charge in [-0.25, -0.2) is 0 Å². The van der Waals surface area contributed by atoms with Crippen molar-refractivity contribution in [2.75, 3.05) is 19.6 Å². The average molecular weight is 202 g/mol. The summed E-state index contributed by atoms with van der Waals surface area (Å²) >= 11 is 4.64. The highest BCUT2D eigenvalue weighted by molar-refractivity contribution is 6.15. The molecular weight excluding hydrogens is 186 g/mol. The first kappa shape index (κ1) is 17.7. The predicted molar refractivity (Wildman–Crippen MR) is 47.2 cm³/mol. The normalized spacial score (nSPS) is 9.83. The minimum absolute atomic E-state index is 0.125. The third kappa shape index (κ3) is 33.4. The van der Waals surface area contributed by atoms with Crippen molar-refractivity contribution >= 4 is 17.6 Å². The average Bonchev–Trinajstić information content (AvgIpc) is 2.08. The molecule has 12 heavy (non-hydrogen) atoms. The van der Waals surface area contributed by atoms with Crippen LogP contribution in [0.15, 0.2) is 0 Å². The third-order valence-corrected chi connectivity index (χ3v) is 0.490. The van der Waals surface area contributed by atoms with Crippen molar-refractivity contribution in [3.63, 3.8) is 0 Å². The van der Waals surface area contributed by atoms with Crippen LogP contribution in [0.1, 0.15) is 6.92 Å². The number of carboxylic acids is 1. The summed E-state index contributed by atoms with van der Waals surface area (Å²) in [5.74, 6) is -0.963. The number of carbonyl (C=O) groups is 1. The van der Waals surface area contributed by atoms with Gasteiger partial charge in [-0.15, -0.1) is 11.6 Å². The second-order valence-electron chi connectivity index (χ2n) is 1.57. The third-order valence-electron chi connectivity index (χ3n) is 0.490. The van der Waals surface area contributed by atoms with E-state index in [9.17, 15) is 4.79 Å². The molecule has 76 valence electrons. The Morgan fingerprint density at radius 3 is 1.58 bits per heavy atom. The van der Waals surface area contributed by atoms with E-state index in [0.29, 0.717) is 0 Å². The lowest BCUT2D eigenvalue weighted by atomic mass is 10.4. The minimum Gasteiger partial charge on any atom is -0.480 e. The highest BCUT2D eigenvalue weighted by Crippen LogP contribution is 1.68. The number of hydrogen-bond donors (Lipinski definition) is 4. The van der Waals surface area contributed by atoms with Crippen molar-refractivity contribution in [1.82, 2.24) is 0 Å². The molecule has 0 amide bonds. The van der Waals surface area contributed by atoms with Crippen LogP contribution in [0.4, 0.5) is 0 Å². The predicted octanol–water partition coefficient (Wildman–Crippen LogP) is -0.756. The standard InChI is InChI=1S/C3H7NO2.C2H6O2.CH3Cl/c1-2(4)3(5)6;3-1-2-4;1-2/h2H,4H2,1H3,(H,5,6);3-4H,1-2H2;1H3/t2-;;/m0../s1. The van der Waals surface area contributed by atoms with E-state index in [1.54, 1.807) is 0 Å². The second kappa shape index (κ2) is 16.9. The Hall–Kier alpha value is -0.360. The van der Waals surface area contributed by atoms with Crippen molar-refractivity contribution in [2.45, 2.75) is 13.0 Å². The maximum atomic E-state index is 9.57. The molecule has 0 heterocycles. The number of alkyl halides is 1. The first-order chi connectivity index (χ1) is 5.56. The van der Waals surface area contributed by atoms with Gasteiger partial charge in [-0.1, -0.05) is 0 Å². The highest BCUT2D eigenvalue weighted by atomic mass is 35.5. The summed E-state index contributed by atoms with van der Waals surface area (Å²) in [7, 11) is 0. The smallest absolute Gasteiger partial charge is 0.320 e. The van der Waals surface area contributed by atoms with Gasteiger partial charge in [0.05, 0.1) is 13.2 Å². The Bertz CT molecular complexity index is 87.6. The fourth-order valence-corrected chi connectivity index (χ4v) is 0. The SMILES string of the molecule is CCl.C[C@H](N)C(=O)O.OCCO. The van der Waals surface area contributed by atoms with Gasteiger partial charge in [0.25, 0.3) is 0 Å². The van der Waals surface area contributed by atoms with Crippen LogP contribution in [0.5, 0.6) is 0 Å². The van der Waals surface area contributed by atoms with Crippen molar-refractivity contribution in [2.24, 2.45) is 5.73 Å². The van der Waals surface area contributed by atoms with Crippen LogP contribution >= 0.6 is 11.6 Å². The summed E-state index contributed by atoms with van der Waals surface area (Å²) < 4.78 is 0. The molecule has 0 fully saturated rings. The lowest BCUT2D eigenvalue weighted by Gasteiger charge is -1.90. The second-order valence-corrected chi connectivity index (χ2v) is 1.57. The Kier molecular flexibility index (Phi) is 24.9. The van der Waals surface area contributed by atoms with Gasteiger partial charge in [0.15, 0.2) is 0 Å². The molecule has 0 aromatic heterocycles. The van der Waals surface area contributed by atoms with E-state index in [1.807, 2.05) is 0 Å². The lowest BCUT2D eigenvalue weighted by Crippen LogP contribution is -2.25. The van der Waals surface area contributed by atoms with Crippen LogP contribution in [0.25, 0.3) is 0 Å². The maximum absolute atomic E-state index is 9.57. The van der Waals surface area contributed by atoms with Gasteiger partial charge in [0.1, 0.15) is 6.04 Å². The van der Waals surface area contributed by atoms with Gasteiger partial charge in [-0.3, -0.25) is 4.79 Å². The largest absolute Gasteiger partial charge is 0.480 e. The molecule has 0 unspecified atom stereocenters. The fourth-order valence-electron chi connectivity index (χ4n) is 0. The maximum Gasteiger partial charge on any atom is 0.320 e. The van der Waals surface area contributed by atoms with Crippen molar-refractivity contribution in [1.29, 1.82) is 0 Å². The summed E-state index contributed by atoms with van der Waals surface area (Å²) in [5, 5.41) is 23.1. The Morgan fingerprint density at radius 1 is 1.42 bits per heavy atom. The van der Waals surface area contributed by atoms with E-state index in [4.69, 9.17) is 21.1 Å². The van der Waals surface area contributed by atoms with Crippen LogP contribution in [-0.2, 0) is 4.79 Å². The van der Waals surface area contributed by atoms with Crippen molar-refractivity contribution < 1.29 is 20.1 Å². The van der Waals surface area contributed by atoms with E-state index in [-0.39, 0.29) is 13.2 Å². The molecule has 0 saturated carbocycles. The summed E-state index contributed by atoms with van der Waals surface area (Å²) in [6.45, 7) is 1.17. The summed E-state index contributed by atoms with van der Waals surface area (Å²) in [6, 6.07) is -0.731. The molecule has 0 spiro atoms. The Morgan fingerprint density at radius 2 is 1.58 bits per heavy atom. The fraction of sp³-hybridized carbons (Fsp3) is 0.833. The van der Waals surface area contributed by atoms with Crippen molar-refractivity contribution in [3.05, 3.63) is 0 Å². The number of aliphatic hydroxyl groups excluding tert-OH is 2. The molecule has 0 aliphatic rings. The first-order valence-corrected chi connectivity index (χ1v) is 3.89. The molecule has 0 radical (unpaired) electrons. The zero-order valence-electron chi connectivity index (χ0n) is 7.20. The topological polar surface area (TPSA) is 104 Å². The number of rotatable bonds is 2. The number of aliphatic carboxylic acids is 1. The molecule has 0 rings (SSSR count). The number of halogens is 1. The Balaban J connectivity index is -0.000000118. The number of nitrogens with two attached hydrogens (primary N) is 1. The van der Waals surface area contributed by atoms with Gasteiger partial charge < -0.3 is 21.1 Å². The van der Waals surface area contributed by atoms with E-state index >= 15 is 0 Å². The van der Waals surface area contributed by atoms with Gasteiger partial charge in [0, 0.05) is 6.38 Å². The van der Waals surface area contributed by atoms with E-state index < -0.39 is 12.0 Å². The minimum atomic E-state index is -0.963. The first-order valence-electron chi connectivity index (χ1n) is 3.14. The van der Waals surface area contributed by atoms with Crippen LogP contribution in [0, 0.1) is 0 Å². The van der Waals surface area contributed by atoms with Gasteiger partial charge in [0.2, 0.25) is 0 Å². The van der Waals surface area contributed by atoms with Crippen molar-refractivity contribution in [3.8, 4) is 0 Å². The molecule has 5 nitrogen and oxygen atoms in total. The van der Waals surface area contributed by atoms with E-state index in [0.717, 1.165) is 0 Å². The van der Waals surface area contributed by atoms with Crippen LogP contribution in [0.3, 0.4) is 0 Å². The summed E-state index contributed by atoms with van der Waals surface area (Å²) in [6.07, 6.45) is 1.47. The molecule has 0 bridgehead atoms. The quantitative estimate of drug-likeness (QED) is 0.440. The molecule has 5 N–H and O–H groups in total. The summed E-state index contributed by atoms with van der Waals surface area (Å²) in [5.41, 5.74) is 4.84. The zero-order chi connectivity index (χ0) is 10.6. The van der Waals surface area contributed by atoms with Crippen LogP contribution < -0.4 is 5.73 Å². The molecule has 0 aromatic carbocycles. The molecule has 0 aliphatic heterocycles. The molecule has 6 heteroatoms. The Labute approximate surface area is 76.8 Å². The molecular formula is C6H16ClNO4. The number of hydrogen-bond acceptors (Lipinski definition) is 4. The number of aliphatic hydroxyl groups is 2. The van der Waals surface area contributed by atoms with Crippen LogP contribution in [0.2, 0.25) is 0 Å². The molecule has 0 aliphatic carbocycles. The zero-order valence-corrected chi connectivity index (χ0v) is 7.95. The molecule has 0 aromatic rings. The summed E-state index contributed by atoms with van der Waals surface area (Å²) in [4.78, 5) is 9.57. The highest BCUT2D eigenvalue weighted by Gasteiger charge is 1.99. The van der Waals surface area contributed by atoms with E-state index in [1.165, 1.54) is 13.3 Å². The number of carboxylic acid groups (broad SMARTS) is 1. The van der Waals surface area contributed by atoms with E-state index in [2.05, 4.69) is 11.6 Å². The molecule has 0 saturated heterocycles.